The lowest BCUT2D eigenvalue weighted by atomic mass is 9.93. The Kier molecular flexibility index (Phi) is 3.66. The van der Waals surface area contributed by atoms with E-state index in [0.29, 0.717) is 34.0 Å². The lowest BCUT2D eigenvalue weighted by molar-refractivity contribution is -0.131. The zero-order valence-corrected chi connectivity index (χ0v) is 14.5. The van der Waals surface area contributed by atoms with Crippen molar-refractivity contribution in [2.24, 2.45) is 7.05 Å². The number of hydrogen-bond acceptors (Lipinski definition) is 5. The summed E-state index contributed by atoms with van der Waals surface area (Å²) in [6.45, 7) is 1.29. The molecule has 1 N–H and O–H groups in total. The number of nitrogens with zero attached hydrogens (tertiary/aromatic N) is 1. The van der Waals surface area contributed by atoms with Gasteiger partial charge in [0.25, 0.3) is 11.8 Å². The first-order valence-electron chi connectivity index (χ1n) is 8.17. The Morgan fingerprint density at radius 2 is 1.78 bits per heavy atom. The van der Waals surface area contributed by atoms with Gasteiger partial charge in [0.05, 0.1) is 16.8 Å². The Bertz CT molecular complexity index is 1170. The van der Waals surface area contributed by atoms with Gasteiger partial charge in [0.2, 0.25) is 0 Å². The van der Waals surface area contributed by atoms with E-state index in [0.717, 1.165) is 0 Å². The highest BCUT2D eigenvalue weighted by Crippen LogP contribution is 2.39. The number of ether oxygens (including phenoxy) is 1. The fourth-order valence-electron chi connectivity index (χ4n) is 3.45. The van der Waals surface area contributed by atoms with Gasteiger partial charge in [-0.25, -0.2) is 0 Å². The van der Waals surface area contributed by atoms with Crippen molar-refractivity contribution in [1.82, 2.24) is 9.88 Å². The van der Waals surface area contributed by atoms with Gasteiger partial charge in [-0.2, -0.15) is 0 Å². The van der Waals surface area contributed by atoms with E-state index in [9.17, 15) is 19.2 Å². The minimum Gasteiger partial charge on any atom is -0.426 e. The van der Waals surface area contributed by atoms with Crippen molar-refractivity contribution in [1.29, 1.82) is 0 Å². The number of aryl methyl sites for hydroxylation is 1. The zero-order valence-electron chi connectivity index (χ0n) is 14.5. The maximum absolute atomic E-state index is 12.5. The van der Waals surface area contributed by atoms with E-state index < -0.39 is 17.8 Å². The van der Waals surface area contributed by atoms with Gasteiger partial charge in [-0.3, -0.25) is 24.5 Å². The highest BCUT2D eigenvalue weighted by atomic mass is 16.5. The smallest absolute Gasteiger partial charge is 0.308 e. The molecule has 0 radical (unpaired) electrons. The molecule has 1 aliphatic rings. The average Bonchev–Trinajstić information content (AvgIpc) is 3.11. The molecule has 0 saturated heterocycles. The predicted molar refractivity (Wildman–Crippen MR) is 96.8 cm³/mol. The Morgan fingerprint density at radius 1 is 1.07 bits per heavy atom. The summed E-state index contributed by atoms with van der Waals surface area (Å²) < 4.78 is 6.92. The molecule has 2 heterocycles. The molecular formula is C20H14N2O5. The number of aromatic nitrogens is 1. The second-order valence-electron chi connectivity index (χ2n) is 6.23. The molecule has 0 bridgehead atoms. The molecule has 2 aromatic carbocycles. The first-order chi connectivity index (χ1) is 12.9. The van der Waals surface area contributed by atoms with Crippen LogP contribution in [0.25, 0.3) is 22.0 Å². The molecule has 3 aromatic rings. The number of esters is 1. The van der Waals surface area contributed by atoms with Crippen LogP contribution in [0.5, 0.6) is 5.75 Å². The van der Waals surface area contributed by atoms with E-state index in [1.165, 1.54) is 6.92 Å². The minimum absolute atomic E-state index is 0.204. The lowest BCUT2D eigenvalue weighted by Gasteiger charge is -2.13. The van der Waals surface area contributed by atoms with Crippen molar-refractivity contribution < 1.29 is 23.9 Å². The monoisotopic (exact) mass is 362 g/mol. The number of nitrogens with one attached hydrogen (secondary N) is 1. The highest BCUT2D eigenvalue weighted by molar-refractivity contribution is 6.29. The number of para-hydroxylation sites is 1. The quantitative estimate of drug-likeness (QED) is 0.334. The Hall–Kier alpha value is -3.74. The second-order valence-corrected chi connectivity index (χ2v) is 6.23. The van der Waals surface area contributed by atoms with Crippen molar-refractivity contribution in [2.45, 2.75) is 6.92 Å². The van der Waals surface area contributed by atoms with Gasteiger partial charge < -0.3 is 9.30 Å². The topological polar surface area (TPSA) is 94.5 Å². The molecule has 4 rings (SSSR count). The van der Waals surface area contributed by atoms with Crippen LogP contribution >= 0.6 is 0 Å². The van der Waals surface area contributed by atoms with Crippen LogP contribution in [0, 0.1) is 0 Å². The first kappa shape index (κ1) is 16.7. The summed E-state index contributed by atoms with van der Waals surface area (Å²) in [6.07, 6.45) is 0.688. The van der Waals surface area contributed by atoms with Crippen LogP contribution in [0.1, 0.15) is 38.1 Å². The van der Waals surface area contributed by atoms with Crippen LogP contribution in [0.3, 0.4) is 0 Å². The summed E-state index contributed by atoms with van der Waals surface area (Å²) >= 11 is 0. The molecule has 2 amide bonds. The fourth-order valence-corrected chi connectivity index (χ4v) is 3.45. The summed E-state index contributed by atoms with van der Waals surface area (Å²) in [5.41, 5.74) is 2.38. The number of carbonyl (C=O) groups excluding carboxylic acids is 4. The molecule has 1 aliphatic heterocycles. The molecule has 7 heteroatoms. The van der Waals surface area contributed by atoms with Gasteiger partial charge in [-0.1, -0.05) is 18.2 Å². The second kappa shape index (κ2) is 5.91. The molecule has 0 aliphatic carbocycles. The predicted octanol–water partition coefficient (Wildman–Crippen LogP) is 2.47. The molecule has 134 valence electrons. The van der Waals surface area contributed by atoms with Crippen molar-refractivity contribution in [3.8, 4) is 16.9 Å². The maximum atomic E-state index is 12.5. The summed E-state index contributed by atoms with van der Waals surface area (Å²) in [7, 11) is 1.70. The van der Waals surface area contributed by atoms with Crippen molar-refractivity contribution in [2.75, 3.05) is 0 Å². The van der Waals surface area contributed by atoms with E-state index in [1.54, 1.807) is 48.0 Å². The number of hydrogen-bond donors (Lipinski definition) is 1. The number of benzene rings is 2. The van der Waals surface area contributed by atoms with Crippen molar-refractivity contribution in [3.05, 3.63) is 53.2 Å². The summed E-state index contributed by atoms with van der Waals surface area (Å²) in [5.74, 6) is -1.26. The number of amides is 2. The lowest BCUT2D eigenvalue weighted by Crippen LogP contribution is -2.20. The van der Waals surface area contributed by atoms with Gasteiger partial charge in [0.1, 0.15) is 5.75 Å². The molecule has 0 spiro atoms. The van der Waals surface area contributed by atoms with Crippen LogP contribution in [0.4, 0.5) is 0 Å². The van der Waals surface area contributed by atoms with Gasteiger partial charge in [-0.05, 0) is 18.2 Å². The van der Waals surface area contributed by atoms with Crippen molar-refractivity contribution >= 4 is 35.0 Å². The molecule has 7 nitrogen and oxygen atoms in total. The third-order valence-electron chi connectivity index (χ3n) is 4.62. The van der Waals surface area contributed by atoms with Gasteiger partial charge in [-0.15, -0.1) is 0 Å². The SMILES string of the molecule is CC(=O)Oc1ccccc1-c1cc2c(cc(C=O)n2C)c2c1C(=O)NC2=O. The van der Waals surface area contributed by atoms with Gasteiger partial charge in [0, 0.05) is 36.0 Å². The van der Waals surface area contributed by atoms with E-state index in [1.807, 2.05) is 0 Å². The van der Waals surface area contributed by atoms with Gasteiger partial charge in [0.15, 0.2) is 6.29 Å². The third-order valence-corrected chi connectivity index (χ3v) is 4.62. The average molecular weight is 362 g/mol. The van der Waals surface area contributed by atoms with Crippen LogP contribution in [0.2, 0.25) is 0 Å². The van der Waals surface area contributed by atoms with Crippen LogP contribution < -0.4 is 10.1 Å². The molecule has 0 saturated carbocycles. The van der Waals surface area contributed by atoms with E-state index in [2.05, 4.69) is 5.32 Å². The van der Waals surface area contributed by atoms with E-state index in [-0.39, 0.29) is 16.9 Å². The third kappa shape index (κ3) is 2.43. The Morgan fingerprint density at radius 3 is 2.48 bits per heavy atom. The molecule has 27 heavy (non-hydrogen) atoms. The molecule has 0 atom stereocenters. The number of imide groups is 1. The number of carbonyl (C=O) groups is 4. The largest absolute Gasteiger partial charge is 0.426 e. The number of rotatable bonds is 3. The Labute approximate surface area is 153 Å². The maximum Gasteiger partial charge on any atom is 0.308 e. The zero-order chi connectivity index (χ0) is 19.3. The van der Waals surface area contributed by atoms with Crippen molar-refractivity contribution in [3.63, 3.8) is 0 Å². The summed E-state index contributed by atoms with van der Waals surface area (Å²) in [6, 6.07) is 10.1. The standard InChI is InChI=1S/C20H14N2O5/c1-10(24)27-16-6-4-3-5-12(16)13-8-15-14(7-11(9-23)22(15)2)18-17(13)19(25)21-20(18)26/h3-9H,1-2H3,(H,21,25,26). The molecular weight excluding hydrogens is 348 g/mol. The fraction of sp³-hybridized carbons (Fsp3) is 0.100. The molecule has 0 unspecified atom stereocenters. The van der Waals surface area contributed by atoms with E-state index in [4.69, 9.17) is 4.74 Å². The minimum atomic E-state index is -0.527. The molecule has 1 aromatic heterocycles. The summed E-state index contributed by atoms with van der Waals surface area (Å²) in [5, 5.41) is 2.83. The van der Waals surface area contributed by atoms with Crippen LogP contribution in [0.15, 0.2) is 36.4 Å². The van der Waals surface area contributed by atoms with E-state index >= 15 is 0 Å². The first-order valence-corrected chi connectivity index (χ1v) is 8.17. The normalized spacial score (nSPS) is 12.8. The van der Waals surface area contributed by atoms with Crippen LogP contribution in [-0.2, 0) is 11.8 Å². The number of fused-ring (bicyclic) bond motifs is 3. The summed E-state index contributed by atoms with van der Waals surface area (Å²) in [4.78, 5) is 47.7. The van der Waals surface area contributed by atoms with Gasteiger partial charge >= 0.3 is 5.97 Å². The van der Waals surface area contributed by atoms with Crippen LogP contribution in [-0.4, -0.2) is 28.6 Å². The molecule has 0 fully saturated rings. The number of aldehydes is 1. The Balaban J connectivity index is 2.12. The highest BCUT2D eigenvalue weighted by Gasteiger charge is 2.34.